The van der Waals surface area contributed by atoms with Crippen LogP contribution in [-0.4, -0.2) is 30.2 Å². The number of hydrogen-bond donors (Lipinski definition) is 1. The van der Waals surface area contributed by atoms with Gasteiger partial charge in [-0.15, -0.1) is 0 Å². The van der Waals surface area contributed by atoms with Crippen LogP contribution in [0.25, 0.3) is 11.3 Å². The molecule has 0 radical (unpaired) electrons. The van der Waals surface area contributed by atoms with Gasteiger partial charge in [0.15, 0.2) is 12.4 Å². The summed E-state index contributed by atoms with van der Waals surface area (Å²) in [5, 5.41) is 2.14. The zero-order chi connectivity index (χ0) is 20.8. The summed E-state index contributed by atoms with van der Waals surface area (Å²) in [5.74, 6) is -1.89. The third-order valence-electron chi connectivity index (χ3n) is 4.01. The molecule has 0 aliphatic heterocycles. The number of esters is 1. The van der Waals surface area contributed by atoms with E-state index in [9.17, 15) is 19.2 Å². The smallest absolute Gasteiger partial charge is 0.374 e. The number of ether oxygens (including phenoxy) is 1. The van der Waals surface area contributed by atoms with E-state index in [2.05, 4.69) is 5.32 Å². The second-order valence-corrected chi connectivity index (χ2v) is 6.12. The maximum absolute atomic E-state index is 12.1. The number of rotatable bonds is 6. The first-order chi connectivity index (χ1) is 13.9. The molecule has 146 valence electrons. The maximum atomic E-state index is 12.1. The molecule has 1 N–H and O–H groups in total. The molecule has 2 aromatic carbocycles. The van der Waals surface area contributed by atoms with Gasteiger partial charge in [-0.1, -0.05) is 42.5 Å². The SMILES string of the molecule is CC(=O)c1ccc(-c2ccc(C(=O)OCC(=O)NC(=O)c3ccccc3)o2)cc1. The Morgan fingerprint density at radius 2 is 1.55 bits per heavy atom. The number of Topliss-reactive ketones (excluding diaryl/α,β-unsaturated/α-hetero) is 1. The van der Waals surface area contributed by atoms with Crippen LogP contribution in [0.5, 0.6) is 0 Å². The Morgan fingerprint density at radius 3 is 2.21 bits per heavy atom. The Morgan fingerprint density at radius 1 is 0.862 bits per heavy atom. The summed E-state index contributed by atoms with van der Waals surface area (Å²) in [6, 6.07) is 17.9. The summed E-state index contributed by atoms with van der Waals surface area (Å²) in [7, 11) is 0. The molecule has 0 spiro atoms. The first-order valence-corrected chi connectivity index (χ1v) is 8.71. The van der Waals surface area contributed by atoms with E-state index >= 15 is 0 Å². The van der Waals surface area contributed by atoms with Crippen LogP contribution in [0.1, 0.15) is 38.2 Å². The Hall–Kier alpha value is -4.00. The number of amides is 2. The van der Waals surface area contributed by atoms with Gasteiger partial charge in [-0.2, -0.15) is 0 Å². The summed E-state index contributed by atoms with van der Waals surface area (Å²) in [4.78, 5) is 47.1. The normalized spacial score (nSPS) is 10.2. The molecule has 0 aliphatic rings. The molecule has 1 aromatic heterocycles. The van der Waals surface area contributed by atoms with Crippen molar-refractivity contribution in [2.75, 3.05) is 6.61 Å². The second-order valence-electron chi connectivity index (χ2n) is 6.12. The molecule has 1 heterocycles. The highest BCUT2D eigenvalue weighted by Gasteiger charge is 2.17. The molecule has 2 amide bonds. The van der Waals surface area contributed by atoms with Crippen LogP contribution in [0.15, 0.2) is 71.1 Å². The van der Waals surface area contributed by atoms with Crippen LogP contribution < -0.4 is 5.32 Å². The lowest BCUT2D eigenvalue weighted by Gasteiger charge is -2.05. The minimum atomic E-state index is -0.834. The fraction of sp³-hybridized carbons (Fsp3) is 0.0909. The minimum absolute atomic E-state index is 0.0516. The number of carbonyl (C=O) groups is 4. The van der Waals surface area contributed by atoms with Crippen molar-refractivity contribution in [3.63, 3.8) is 0 Å². The first-order valence-electron chi connectivity index (χ1n) is 8.71. The number of hydrogen-bond acceptors (Lipinski definition) is 6. The number of nitrogens with one attached hydrogen (secondary N) is 1. The number of imide groups is 1. The van der Waals surface area contributed by atoms with Crippen molar-refractivity contribution in [3.8, 4) is 11.3 Å². The zero-order valence-corrected chi connectivity index (χ0v) is 15.5. The Kier molecular flexibility index (Phi) is 5.99. The van der Waals surface area contributed by atoms with Gasteiger partial charge < -0.3 is 9.15 Å². The average Bonchev–Trinajstić information content (AvgIpc) is 3.23. The minimum Gasteiger partial charge on any atom is -0.450 e. The third kappa shape index (κ3) is 5.04. The lowest BCUT2D eigenvalue weighted by Crippen LogP contribution is -2.34. The molecular formula is C22H17NO6. The van der Waals surface area contributed by atoms with Crippen LogP contribution in [0, 0.1) is 0 Å². The van der Waals surface area contributed by atoms with E-state index in [1.54, 1.807) is 60.7 Å². The maximum Gasteiger partial charge on any atom is 0.374 e. The largest absolute Gasteiger partial charge is 0.450 e. The van der Waals surface area contributed by atoms with E-state index in [4.69, 9.17) is 9.15 Å². The Balaban J connectivity index is 1.55. The second kappa shape index (κ2) is 8.79. The molecule has 0 unspecified atom stereocenters. The van der Waals surface area contributed by atoms with Crippen LogP contribution in [0.2, 0.25) is 0 Å². The van der Waals surface area contributed by atoms with E-state index in [1.807, 2.05) is 0 Å². The van der Waals surface area contributed by atoms with Crippen molar-refractivity contribution >= 4 is 23.6 Å². The van der Waals surface area contributed by atoms with E-state index in [-0.39, 0.29) is 11.5 Å². The lowest BCUT2D eigenvalue weighted by molar-refractivity contribution is -0.123. The monoisotopic (exact) mass is 391 g/mol. The Labute approximate surface area is 166 Å². The first kappa shape index (κ1) is 19.8. The highest BCUT2D eigenvalue weighted by atomic mass is 16.5. The topological polar surface area (TPSA) is 103 Å². The molecular weight excluding hydrogens is 374 g/mol. The molecule has 7 nitrogen and oxygen atoms in total. The van der Waals surface area contributed by atoms with Gasteiger partial charge in [0.25, 0.3) is 11.8 Å². The molecule has 29 heavy (non-hydrogen) atoms. The van der Waals surface area contributed by atoms with Crippen molar-refractivity contribution in [3.05, 3.63) is 83.6 Å². The summed E-state index contributed by atoms with van der Waals surface area (Å²) in [6.45, 7) is 0.848. The molecule has 0 saturated carbocycles. The average molecular weight is 391 g/mol. The molecule has 3 aromatic rings. The summed E-state index contributed by atoms with van der Waals surface area (Å²) in [6.07, 6.45) is 0. The van der Waals surface area contributed by atoms with Crippen molar-refractivity contribution < 1.29 is 28.3 Å². The van der Waals surface area contributed by atoms with E-state index in [0.29, 0.717) is 22.5 Å². The fourth-order valence-electron chi connectivity index (χ4n) is 2.50. The summed E-state index contributed by atoms with van der Waals surface area (Å²) in [5.41, 5.74) is 1.56. The van der Waals surface area contributed by atoms with Crippen LogP contribution in [0.3, 0.4) is 0 Å². The highest BCUT2D eigenvalue weighted by molar-refractivity contribution is 6.05. The molecule has 0 fully saturated rings. The number of benzene rings is 2. The summed E-state index contributed by atoms with van der Waals surface area (Å²) >= 11 is 0. The van der Waals surface area contributed by atoms with E-state index < -0.39 is 24.4 Å². The number of furan rings is 1. The van der Waals surface area contributed by atoms with Crippen molar-refractivity contribution in [2.45, 2.75) is 6.92 Å². The van der Waals surface area contributed by atoms with Crippen molar-refractivity contribution in [1.29, 1.82) is 0 Å². The van der Waals surface area contributed by atoms with Crippen molar-refractivity contribution in [1.82, 2.24) is 5.32 Å². The highest BCUT2D eigenvalue weighted by Crippen LogP contribution is 2.23. The standard InChI is InChI=1S/C22H17NO6/c1-14(24)15-7-9-16(10-8-15)18-11-12-19(29-18)22(27)28-13-20(25)23-21(26)17-5-3-2-4-6-17/h2-12H,13H2,1H3,(H,23,25,26). The molecule has 7 heteroatoms. The van der Waals surface area contributed by atoms with Gasteiger partial charge in [-0.25, -0.2) is 4.79 Å². The van der Waals surface area contributed by atoms with Gasteiger partial charge >= 0.3 is 5.97 Å². The zero-order valence-electron chi connectivity index (χ0n) is 15.5. The van der Waals surface area contributed by atoms with Crippen molar-refractivity contribution in [2.24, 2.45) is 0 Å². The quantitative estimate of drug-likeness (QED) is 0.511. The van der Waals surface area contributed by atoms with Crippen LogP contribution in [-0.2, 0) is 9.53 Å². The van der Waals surface area contributed by atoms with Gasteiger partial charge in [0, 0.05) is 16.7 Å². The van der Waals surface area contributed by atoms with Gasteiger partial charge in [0.05, 0.1) is 0 Å². The van der Waals surface area contributed by atoms with E-state index in [0.717, 1.165) is 0 Å². The predicted molar refractivity (Wildman–Crippen MR) is 103 cm³/mol. The van der Waals surface area contributed by atoms with Crippen LogP contribution in [0.4, 0.5) is 0 Å². The Bertz CT molecular complexity index is 1050. The summed E-state index contributed by atoms with van der Waals surface area (Å²) < 4.78 is 10.3. The van der Waals surface area contributed by atoms with Gasteiger partial charge in [0.2, 0.25) is 5.76 Å². The third-order valence-corrected chi connectivity index (χ3v) is 4.01. The van der Waals surface area contributed by atoms with E-state index in [1.165, 1.54) is 13.0 Å². The molecule has 3 rings (SSSR count). The van der Waals surface area contributed by atoms with Gasteiger partial charge in [0.1, 0.15) is 5.76 Å². The lowest BCUT2D eigenvalue weighted by atomic mass is 10.1. The molecule has 0 saturated heterocycles. The fourth-order valence-corrected chi connectivity index (χ4v) is 2.50. The molecule has 0 bridgehead atoms. The van der Waals surface area contributed by atoms with Gasteiger partial charge in [-0.05, 0) is 31.2 Å². The number of ketones is 1. The molecule has 0 aliphatic carbocycles. The predicted octanol–water partition coefficient (Wildman–Crippen LogP) is 3.26. The number of carbonyl (C=O) groups excluding carboxylic acids is 4. The molecule has 0 atom stereocenters. The van der Waals surface area contributed by atoms with Gasteiger partial charge in [-0.3, -0.25) is 19.7 Å². The van der Waals surface area contributed by atoms with Crippen LogP contribution >= 0.6 is 0 Å².